The number of carbonyl (C=O) groups is 1. The molecule has 2 rings (SSSR count). The Labute approximate surface area is 152 Å². The van der Waals surface area contributed by atoms with Crippen molar-refractivity contribution < 1.29 is 9.53 Å². The Morgan fingerprint density at radius 3 is 2.58 bits per heavy atom. The van der Waals surface area contributed by atoms with Gasteiger partial charge in [-0.15, -0.1) is 11.3 Å². The summed E-state index contributed by atoms with van der Waals surface area (Å²) >= 11 is 6.95. The lowest BCUT2D eigenvalue weighted by atomic mass is 10.1. The van der Waals surface area contributed by atoms with Crippen LogP contribution in [0.1, 0.15) is 38.8 Å². The molecule has 1 heterocycles. The van der Waals surface area contributed by atoms with Gasteiger partial charge in [-0.05, 0) is 56.1 Å². The molecule has 1 aromatic carbocycles. The summed E-state index contributed by atoms with van der Waals surface area (Å²) in [4.78, 5) is 13.1. The molecular weight excluding hydrogens is 340 g/mol. The van der Waals surface area contributed by atoms with E-state index in [1.165, 1.54) is 24.0 Å². The third-order valence-corrected chi connectivity index (χ3v) is 5.31. The molecule has 128 valence electrons. The van der Waals surface area contributed by atoms with Crippen molar-refractivity contribution in [3.05, 3.63) is 45.3 Å². The van der Waals surface area contributed by atoms with Gasteiger partial charge < -0.3 is 15.4 Å². The number of anilines is 2. The Balaban J connectivity index is 2.26. The van der Waals surface area contributed by atoms with Gasteiger partial charge in [-0.3, -0.25) is 0 Å². The van der Waals surface area contributed by atoms with Crippen LogP contribution in [0.3, 0.4) is 0 Å². The Morgan fingerprint density at radius 1 is 1.25 bits per heavy atom. The average Bonchev–Trinajstić information content (AvgIpc) is 2.82. The fourth-order valence-electron chi connectivity index (χ4n) is 2.51. The number of aryl methyl sites for hydroxylation is 3. The van der Waals surface area contributed by atoms with Gasteiger partial charge in [0.2, 0.25) is 0 Å². The minimum atomic E-state index is -0.354. The SMILES string of the molecule is CCc1cccc(C)c1NC(=S)Nc1sc(C)c(C)c1C(=O)OC. The molecule has 0 bridgehead atoms. The van der Waals surface area contributed by atoms with Gasteiger partial charge in [0.1, 0.15) is 5.00 Å². The predicted molar refractivity (Wildman–Crippen MR) is 106 cm³/mol. The highest BCUT2D eigenvalue weighted by Crippen LogP contribution is 2.33. The summed E-state index contributed by atoms with van der Waals surface area (Å²) in [6, 6.07) is 6.16. The molecular formula is C18H22N2O2S2. The molecule has 0 unspecified atom stereocenters. The third kappa shape index (κ3) is 3.76. The Hall–Kier alpha value is -1.92. The largest absolute Gasteiger partial charge is 0.465 e. The molecule has 2 aromatic rings. The van der Waals surface area contributed by atoms with E-state index in [1.54, 1.807) is 0 Å². The summed E-state index contributed by atoms with van der Waals surface area (Å²) in [7, 11) is 1.38. The second-order valence-corrected chi connectivity index (χ2v) is 7.15. The van der Waals surface area contributed by atoms with Crippen LogP contribution in [0.5, 0.6) is 0 Å². The number of ether oxygens (including phenoxy) is 1. The Morgan fingerprint density at radius 2 is 1.96 bits per heavy atom. The molecule has 1 aromatic heterocycles. The fraction of sp³-hybridized carbons (Fsp3) is 0.333. The van der Waals surface area contributed by atoms with Crippen LogP contribution >= 0.6 is 23.6 Å². The van der Waals surface area contributed by atoms with Crippen molar-refractivity contribution in [3.8, 4) is 0 Å². The first-order valence-electron chi connectivity index (χ1n) is 7.73. The molecule has 0 aliphatic carbocycles. The third-order valence-electron chi connectivity index (χ3n) is 3.98. The van der Waals surface area contributed by atoms with Gasteiger partial charge >= 0.3 is 5.97 Å². The number of para-hydroxylation sites is 1. The van der Waals surface area contributed by atoms with Crippen molar-refractivity contribution in [2.75, 3.05) is 17.7 Å². The van der Waals surface area contributed by atoms with Crippen LogP contribution < -0.4 is 10.6 Å². The van der Waals surface area contributed by atoms with Crippen LogP contribution in [0.4, 0.5) is 10.7 Å². The number of thiocarbonyl (C=S) groups is 1. The lowest BCUT2D eigenvalue weighted by molar-refractivity contribution is 0.0601. The van der Waals surface area contributed by atoms with Gasteiger partial charge in [0, 0.05) is 10.6 Å². The zero-order valence-corrected chi connectivity index (χ0v) is 16.2. The maximum atomic E-state index is 12.0. The molecule has 0 aliphatic rings. The molecule has 2 N–H and O–H groups in total. The van der Waals surface area contributed by atoms with Gasteiger partial charge in [-0.1, -0.05) is 25.1 Å². The van der Waals surface area contributed by atoms with Crippen LogP contribution in [0.25, 0.3) is 0 Å². The summed E-state index contributed by atoms with van der Waals surface area (Å²) in [6.07, 6.45) is 0.914. The van der Waals surface area contributed by atoms with Gasteiger partial charge in [-0.2, -0.15) is 0 Å². The van der Waals surface area contributed by atoms with Gasteiger partial charge in [0.25, 0.3) is 0 Å². The van der Waals surface area contributed by atoms with Gasteiger partial charge in [-0.25, -0.2) is 4.79 Å². The number of hydrogen-bond acceptors (Lipinski definition) is 4. The molecule has 0 fully saturated rings. The van der Waals surface area contributed by atoms with Crippen LogP contribution in [0.2, 0.25) is 0 Å². The Bertz CT molecular complexity index is 782. The Kier molecular flexibility index (Phi) is 5.96. The van der Waals surface area contributed by atoms with Crippen molar-refractivity contribution >= 4 is 45.3 Å². The smallest absolute Gasteiger partial charge is 0.341 e. The number of esters is 1. The fourth-order valence-corrected chi connectivity index (χ4v) is 3.83. The first-order chi connectivity index (χ1) is 11.4. The molecule has 0 saturated carbocycles. The number of hydrogen-bond donors (Lipinski definition) is 2. The molecule has 0 aliphatic heterocycles. The quantitative estimate of drug-likeness (QED) is 0.602. The van der Waals surface area contributed by atoms with Crippen molar-refractivity contribution in [3.63, 3.8) is 0 Å². The summed E-state index contributed by atoms with van der Waals surface area (Å²) < 4.78 is 4.89. The number of benzene rings is 1. The van der Waals surface area contributed by atoms with Crippen LogP contribution in [0.15, 0.2) is 18.2 Å². The highest BCUT2D eigenvalue weighted by molar-refractivity contribution is 7.80. The topological polar surface area (TPSA) is 50.4 Å². The van der Waals surface area contributed by atoms with Crippen molar-refractivity contribution in [1.29, 1.82) is 0 Å². The molecule has 0 radical (unpaired) electrons. The molecule has 0 amide bonds. The first-order valence-corrected chi connectivity index (χ1v) is 8.96. The number of nitrogens with one attached hydrogen (secondary N) is 2. The van der Waals surface area contributed by atoms with E-state index in [0.29, 0.717) is 15.7 Å². The molecule has 6 heteroatoms. The van der Waals surface area contributed by atoms with Gasteiger partial charge in [0.05, 0.1) is 12.7 Å². The molecule has 4 nitrogen and oxygen atoms in total. The van der Waals surface area contributed by atoms with Gasteiger partial charge in [0.15, 0.2) is 5.11 Å². The summed E-state index contributed by atoms with van der Waals surface area (Å²) in [5, 5.41) is 7.59. The first kappa shape index (κ1) is 18.4. The monoisotopic (exact) mass is 362 g/mol. The number of carbonyl (C=O) groups excluding carboxylic acids is 1. The molecule has 0 atom stereocenters. The predicted octanol–water partition coefficient (Wildman–Crippen LogP) is 4.83. The minimum Gasteiger partial charge on any atom is -0.465 e. The zero-order valence-electron chi connectivity index (χ0n) is 14.6. The highest BCUT2D eigenvalue weighted by atomic mass is 32.1. The van der Waals surface area contributed by atoms with E-state index >= 15 is 0 Å². The second kappa shape index (κ2) is 7.77. The molecule has 0 saturated heterocycles. The average molecular weight is 363 g/mol. The summed E-state index contributed by atoms with van der Waals surface area (Å²) in [6.45, 7) is 8.04. The minimum absolute atomic E-state index is 0.354. The van der Waals surface area contributed by atoms with E-state index in [4.69, 9.17) is 17.0 Å². The lowest BCUT2D eigenvalue weighted by Crippen LogP contribution is -2.21. The number of thiophene rings is 1. The number of rotatable bonds is 4. The van der Waals surface area contributed by atoms with E-state index in [9.17, 15) is 4.79 Å². The van der Waals surface area contributed by atoms with E-state index in [0.717, 1.165) is 28.1 Å². The van der Waals surface area contributed by atoms with E-state index < -0.39 is 0 Å². The summed E-state index contributed by atoms with van der Waals surface area (Å²) in [5.74, 6) is -0.354. The zero-order chi connectivity index (χ0) is 17.9. The van der Waals surface area contributed by atoms with E-state index in [-0.39, 0.29) is 5.97 Å². The number of methoxy groups -OCH3 is 1. The van der Waals surface area contributed by atoms with Crippen molar-refractivity contribution in [2.45, 2.75) is 34.1 Å². The maximum Gasteiger partial charge on any atom is 0.341 e. The van der Waals surface area contributed by atoms with Crippen LogP contribution in [-0.4, -0.2) is 18.2 Å². The van der Waals surface area contributed by atoms with Crippen molar-refractivity contribution in [2.24, 2.45) is 0 Å². The van der Waals surface area contributed by atoms with Crippen molar-refractivity contribution in [1.82, 2.24) is 0 Å². The van der Waals surface area contributed by atoms with Crippen LogP contribution in [0, 0.1) is 20.8 Å². The molecule has 0 spiro atoms. The standard InChI is InChI=1S/C18H22N2O2S2/c1-6-13-9-7-8-10(2)15(13)19-18(23)20-16-14(17(21)22-5)11(3)12(4)24-16/h7-9H,6H2,1-5H3,(H2,19,20,23). The lowest BCUT2D eigenvalue weighted by Gasteiger charge is -2.15. The summed E-state index contributed by atoms with van der Waals surface area (Å²) in [5.41, 5.74) is 4.81. The molecule has 24 heavy (non-hydrogen) atoms. The highest BCUT2D eigenvalue weighted by Gasteiger charge is 2.21. The maximum absolute atomic E-state index is 12.0. The van der Waals surface area contributed by atoms with Crippen LogP contribution in [-0.2, 0) is 11.2 Å². The van der Waals surface area contributed by atoms with E-state index in [2.05, 4.69) is 23.6 Å². The second-order valence-electron chi connectivity index (χ2n) is 5.52. The van der Waals surface area contributed by atoms with E-state index in [1.807, 2.05) is 32.9 Å². The normalized spacial score (nSPS) is 10.4.